The summed E-state index contributed by atoms with van der Waals surface area (Å²) in [4.78, 5) is 14.8. The van der Waals surface area contributed by atoms with Crippen LogP contribution in [0.3, 0.4) is 0 Å². The highest BCUT2D eigenvalue weighted by Gasteiger charge is 2.06. The molecule has 0 fully saturated rings. The minimum Gasteiger partial charge on any atom is -0.496 e. The molecule has 0 saturated carbocycles. The molecule has 2 rings (SSSR count). The number of hydrogen-bond acceptors (Lipinski definition) is 5. The first-order chi connectivity index (χ1) is 9.69. The van der Waals surface area contributed by atoms with Crippen molar-refractivity contribution in [2.24, 2.45) is 0 Å². The molecule has 20 heavy (non-hydrogen) atoms. The van der Waals surface area contributed by atoms with E-state index in [1.165, 1.54) is 11.3 Å². The van der Waals surface area contributed by atoms with E-state index in [1.54, 1.807) is 12.5 Å². The summed E-state index contributed by atoms with van der Waals surface area (Å²) in [6.07, 6.45) is 0.780. The highest BCUT2D eigenvalue weighted by Crippen LogP contribution is 2.19. The second kappa shape index (κ2) is 6.91. The first-order valence-electron chi connectivity index (χ1n) is 6.21. The van der Waals surface area contributed by atoms with Crippen LogP contribution < -0.4 is 10.1 Å². The van der Waals surface area contributed by atoms with Crippen molar-refractivity contribution >= 4 is 22.4 Å². The van der Waals surface area contributed by atoms with Crippen molar-refractivity contribution in [3.63, 3.8) is 0 Å². The second-order valence-electron chi connectivity index (χ2n) is 4.20. The smallest absolute Gasteiger partial charge is 0.309 e. The molecule has 1 aromatic heterocycles. The van der Waals surface area contributed by atoms with E-state index in [2.05, 4.69) is 10.3 Å². The zero-order valence-corrected chi connectivity index (χ0v) is 11.9. The first kappa shape index (κ1) is 14.3. The van der Waals surface area contributed by atoms with Gasteiger partial charge in [-0.2, -0.15) is 0 Å². The molecule has 0 aliphatic carbocycles. The Hall–Kier alpha value is -2.08. The van der Waals surface area contributed by atoms with E-state index in [-0.39, 0.29) is 6.42 Å². The molecule has 0 aliphatic heterocycles. The van der Waals surface area contributed by atoms with E-state index in [0.717, 1.165) is 29.4 Å². The number of thiazole rings is 1. The maximum Gasteiger partial charge on any atom is 0.309 e. The Kier molecular flexibility index (Phi) is 4.95. The van der Waals surface area contributed by atoms with E-state index < -0.39 is 5.97 Å². The van der Waals surface area contributed by atoms with Crippen LogP contribution in [0.1, 0.15) is 11.3 Å². The summed E-state index contributed by atoms with van der Waals surface area (Å²) in [5.74, 6) is 0.0101. The molecular weight excluding hydrogens is 276 g/mol. The third-order valence-electron chi connectivity index (χ3n) is 2.75. The van der Waals surface area contributed by atoms with Crippen molar-refractivity contribution in [2.45, 2.75) is 12.8 Å². The Labute approximate surface area is 121 Å². The fourth-order valence-corrected chi connectivity index (χ4v) is 2.58. The molecule has 1 aromatic carbocycles. The number of methoxy groups -OCH3 is 1. The topological polar surface area (TPSA) is 71.5 Å². The standard InChI is InChI=1S/C14H16N2O3S/c1-19-12-5-3-2-4-10(12)6-7-15-14-16-11(9-20-14)8-13(17)18/h2-5,9H,6-8H2,1H3,(H,15,16)(H,17,18). The second-order valence-corrected chi connectivity index (χ2v) is 5.06. The molecular formula is C14H16N2O3S. The van der Waals surface area contributed by atoms with Crippen LogP contribution in [0, 0.1) is 0 Å². The minimum absolute atomic E-state index is 0.0370. The van der Waals surface area contributed by atoms with Crippen LogP contribution in [0.4, 0.5) is 5.13 Å². The number of para-hydroxylation sites is 1. The number of hydrogen-bond donors (Lipinski definition) is 2. The zero-order chi connectivity index (χ0) is 14.4. The zero-order valence-electron chi connectivity index (χ0n) is 11.1. The van der Waals surface area contributed by atoms with Gasteiger partial charge >= 0.3 is 5.97 Å². The van der Waals surface area contributed by atoms with Gasteiger partial charge in [0.25, 0.3) is 0 Å². The molecule has 2 aromatic rings. The number of carbonyl (C=O) groups is 1. The van der Waals surface area contributed by atoms with E-state index >= 15 is 0 Å². The van der Waals surface area contributed by atoms with Gasteiger partial charge in [0.15, 0.2) is 5.13 Å². The van der Waals surface area contributed by atoms with Crippen LogP contribution in [0.15, 0.2) is 29.6 Å². The van der Waals surface area contributed by atoms with Gasteiger partial charge in [0.1, 0.15) is 5.75 Å². The van der Waals surface area contributed by atoms with Crippen molar-refractivity contribution < 1.29 is 14.6 Å². The number of anilines is 1. The normalized spacial score (nSPS) is 10.2. The number of aliphatic carboxylic acids is 1. The van der Waals surface area contributed by atoms with Gasteiger partial charge in [-0.15, -0.1) is 11.3 Å². The van der Waals surface area contributed by atoms with Gasteiger partial charge < -0.3 is 15.2 Å². The van der Waals surface area contributed by atoms with Crippen LogP contribution in [-0.2, 0) is 17.6 Å². The molecule has 0 amide bonds. The van der Waals surface area contributed by atoms with Crippen molar-refractivity contribution in [2.75, 3.05) is 19.0 Å². The van der Waals surface area contributed by atoms with E-state index in [1.807, 2.05) is 24.3 Å². The number of carboxylic acid groups (broad SMARTS) is 1. The minimum atomic E-state index is -0.865. The Morgan fingerprint density at radius 2 is 2.25 bits per heavy atom. The van der Waals surface area contributed by atoms with Gasteiger partial charge in [0, 0.05) is 11.9 Å². The largest absolute Gasteiger partial charge is 0.496 e. The van der Waals surface area contributed by atoms with Gasteiger partial charge in [-0.25, -0.2) is 4.98 Å². The van der Waals surface area contributed by atoms with Crippen molar-refractivity contribution in [3.8, 4) is 5.75 Å². The highest BCUT2D eigenvalue weighted by molar-refractivity contribution is 7.13. The highest BCUT2D eigenvalue weighted by atomic mass is 32.1. The molecule has 0 unspecified atom stereocenters. The molecule has 0 atom stereocenters. The third-order valence-corrected chi connectivity index (χ3v) is 3.60. The lowest BCUT2D eigenvalue weighted by Crippen LogP contribution is -2.06. The van der Waals surface area contributed by atoms with Crippen molar-refractivity contribution in [1.82, 2.24) is 4.98 Å². The number of benzene rings is 1. The Bertz CT molecular complexity index is 583. The van der Waals surface area contributed by atoms with Crippen molar-refractivity contribution in [3.05, 3.63) is 40.9 Å². The predicted molar refractivity (Wildman–Crippen MR) is 78.6 cm³/mol. The first-order valence-corrected chi connectivity index (χ1v) is 7.09. The summed E-state index contributed by atoms with van der Waals surface area (Å²) in [5.41, 5.74) is 1.71. The quantitative estimate of drug-likeness (QED) is 0.820. The molecule has 106 valence electrons. The fourth-order valence-electron chi connectivity index (χ4n) is 1.84. The third kappa shape index (κ3) is 3.96. The molecule has 0 aliphatic rings. The molecule has 5 nitrogen and oxygen atoms in total. The molecule has 0 bridgehead atoms. The summed E-state index contributed by atoms with van der Waals surface area (Å²) in [6.45, 7) is 0.723. The maximum atomic E-state index is 10.6. The molecule has 6 heteroatoms. The number of aromatic nitrogens is 1. The molecule has 0 spiro atoms. The van der Waals surface area contributed by atoms with Gasteiger partial charge in [-0.1, -0.05) is 18.2 Å². The number of carboxylic acids is 1. The predicted octanol–water partition coefficient (Wildman–Crippen LogP) is 2.43. The van der Waals surface area contributed by atoms with E-state index in [4.69, 9.17) is 9.84 Å². The van der Waals surface area contributed by atoms with Gasteiger partial charge in [-0.3, -0.25) is 4.79 Å². The summed E-state index contributed by atoms with van der Waals surface area (Å²) in [7, 11) is 1.66. The Morgan fingerprint density at radius 1 is 1.45 bits per heavy atom. The summed E-state index contributed by atoms with van der Waals surface area (Å²) in [6, 6.07) is 7.88. The Morgan fingerprint density at radius 3 is 3.00 bits per heavy atom. The maximum absolute atomic E-state index is 10.6. The number of nitrogens with zero attached hydrogens (tertiary/aromatic N) is 1. The van der Waals surface area contributed by atoms with Crippen LogP contribution in [0.5, 0.6) is 5.75 Å². The average Bonchev–Trinajstić information content (AvgIpc) is 2.86. The lowest BCUT2D eigenvalue weighted by atomic mass is 10.1. The molecule has 2 N–H and O–H groups in total. The number of nitrogens with one attached hydrogen (secondary N) is 1. The van der Waals surface area contributed by atoms with Crippen LogP contribution >= 0.6 is 11.3 Å². The summed E-state index contributed by atoms with van der Waals surface area (Å²) >= 11 is 1.42. The number of ether oxygens (including phenoxy) is 1. The van der Waals surface area contributed by atoms with Crippen LogP contribution in [-0.4, -0.2) is 29.7 Å². The molecule has 0 saturated heterocycles. The average molecular weight is 292 g/mol. The summed E-state index contributed by atoms with van der Waals surface area (Å²) < 4.78 is 5.29. The van der Waals surface area contributed by atoms with Gasteiger partial charge in [0.2, 0.25) is 0 Å². The van der Waals surface area contributed by atoms with Gasteiger partial charge in [-0.05, 0) is 18.1 Å². The monoisotopic (exact) mass is 292 g/mol. The SMILES string of the molecule is COc1ccccc1CCNc1nc(CC(=O)O)cs1. The van der Waals surface area contributed by atoms with Crippen LogP contribution in [0.2, 0.25) is 0 Å². The fraction of sp³-hybridized carbons (Fsp3) is 0.286. The molecule has 1 heterocycles. The van der Waals surface area contributed by atoms with E-state index in [9.17, 15) is 4.79 Å². The molecule has 0 radical (unpaired) electrons. The number of rotatable bonds is 7. The lowest BCUT2D eigenvalue weighted by Gasteiger charge is -2.08. The van der Waals surface area contributed by atoms with E-state index in [0.29, 0.717) is 5.69 Å². The summed E-state index contributed by atoms with van der Waals surface area (Å²) in [5, 5.41) is 14.4. The van der Waals surface area contributed by atoms with Crippen molar-refractivity contribution in [1.29, 1.82) is 0 Å². The van der Waals surface area contributed by atoms with Gasteiger partial charge in [0.05, 0.1) is 19.2 Å². The lowest BCUT2D eigenvalue weighted by molar-refractivity contribution is -0.136. The van der Waals surface area contributed by atoms with Crippen LogP contribution in [0.25, 0.3) is 0 Å². The Balaban J connectivity index is 1.86.